The van der Waals surface area contributed by atoms with E-state index in [-0.39, 0.29) is 23.4 Å². The zero-order valence-electron chi connectivity index (χ0n) is 13.8. The van der Waals surface area contributed by atoms with Crippen LogP contribution < -0.4 is 10.6 Å². The lowest BCUT2D eigenvalue weighted by Crippen LogP contribution is -2.16. The quantitative estimate of drug-likeness (QED) is 0.532. The van der Waals surface area contributed by atoms with E-state index in [1.54, 1.807) is 0 Å². The van der Waals surface area contributed by atoms with Crippen LogP contribution in [0, 0.1) is 10.1 Å². The van der Waals surface area contributed by atoms with Crippen LogP contribution >= 0.6 is 11.6 Å². The Kier molecular flexibility index (Phi) is 5.86. The zero-order valence-corrected chi connectivity index (χ0v) is 14.5. The van der Waals surface area contributed by atoms with Crippen molar-refractivity contribution in [2.24, 2.45) is 0 Å². The SMILES string of the molecule is CCC(C)Nc1ncnc(Nc2ccc(Cl)c(C(F)(F)F)c2)c1[N+](=O)[O-]. The number of benzene rings is 1. The third-order valence-corrected chi connectivity index (χ3v) is 3.86. The summed E-state index contributed by atoms with van der Waals surface area (Å²) in [7, 11) is 0. The number of hydrogen-bond donors (Lipinski definition) is 2. The molecule has 0 aliphatic carbocycles. The first-order valence-electron chi connectivity index (χ1n) is 7.53. The van der Waals surface area contributed by atoms with Gasteiger partial charge in [-0.3, -0.25) is 10.1 Å². The van der Waals surface area contributed by atoms with E-state index in [9.17, 15) is 23.3 Å². The van der Waals surface area contributed by atoms with Crippen molar-refractivity contribution in [3.05, 3.63) is 45.2 Å². The molecule has 2 N–H and O–H groups in total. The first-order valence-corrected chi connectivity index (χ1v) is 7.91. The molecule has 0 bridgehead atoms. The standard InChI is InChI=1S/C15H15ClF3N5O2/c1-3-8(2)22-13-12(24(25)26)14(21-7-20-13)23-9-4-5-11(16)10(6-9)15(17,18)19/h4-8H,3H2,1-2H3,(H2,20,21,22,23). The molecule has 1 atom stereocenters. The molecule has 26 heavy (non-hydrogen) atoms. The molecule has 1 heterocycles. The smallest absolute Gasteiger partial charge is 0.362 e. The predicted molar refractivity (Wildman–Crippen MR) is 91.8 cm³/mol. The lowest BCUT2D eigenvalue weighted by Gasteiger charge is -2.15. The Labute approximate surface area is 151 Å². The highest BCUT2D eigenvalue weighted by Gasteiger charge is 2.33. The minimum absolute atomic E-state index is 0.0214. The van der Waals surface area contributed by atoms with Gasteiger partial charge >= 0.3 is 11.9 Å². The van der Waals surface area contributed by atoms with Gasteiger partial charge in [0.05, 0.1) is 15.5 Å². The van der Waals surface area contributed by atoms with Crippen molar-refractivity contribution in [3.8, 4) is 0 Å². The lowest BCUT2D eigenvalue weighted by molar-refractivity contribution is -0.383. The van der Waals surface area contributed by atoms with Crippen LogP contribution in [0.15, 0.2) is 24.5 Å². The average Bonchev–Trinajstić information content (AvgIpc) is 2.55. The van der Waals surface area contributed by atoms with Gasteiger partial charge < -0.3 is 10.6 Å². The Morgan fingerprint density at radius 3 is 2.54 bits per heavy atom. The number of halogens is 4. The van der Waals surface area contributed by atoms with Gasteiger partial charge in [-0.2, -0.15) is 13.2 Å². The number of nitrogens with zero attached hydrogens (tertiary/aromatic N) is 3. The molecule has 0 aliphatic rings. The summed E-state index contributed by atoms with van der Waals surface area (Å²) in [4.78, 5) is 18.4. The highest BCUT2D eigenvalue weighted by atomic mass is 35.5. The molecule has 1 aromatic carbocycles. The molecule has 0 amide bonds. The largest absolute Gasteiger partial charge is 0.417 e. The van der Waals surface area contributed by atoms with Crippen molar-refractivity contribution < 1.29 is 18.1 Å². The van der Waals surface area contributed by atoms with Gasteiger partial charge in [0.2, 0.25) is 11.6 Å². The minimum atomic E-state index is -4.66. The fourth-order valence-electron chi connectivity index (χ4n) is 2.04. The summed E-state index contributed by atoms with van der Waals surface area (Å²) in [6.45, 7) is 3.70. The number of nitrogens with one attached hydrogen (secondary N) is 2. The van der Waals surface area contributed by atoms with Crippen LogP contribution in [-0.2, 0) is 6.18 Å². The lowest BCUT2D eigenvalue weighted by atomic mass is 10.2. The summed E-state index contributed by atoms with van der Waals surface area (Å²) in [5, 5.41) is 16.4. The Balaban J connectivity index is 2.44. The van der Waals surface area contributed by atoms with Crippen LogP contribution in [0.5, 0.6) is 0 Å². The number of aromatic nitrogens is 2. The van der Waals surface area contributed by atoms with Crippen molar-refractivity contribution in [2.75, 3.05) is 10.6 Å². The molecule has 11 heteroatoms. The number of nitro groups is 1. The Hall–Kier alpha value is -2.62. The fraction of sp³-hybridized carbons (Fsp3) is 0.333. The second-order valence-corrected chi connectivity index (χ2v) is 5.85. The molecular formula is C15H15ClF3N5O2. The average molecular weight is 390 g/mol. The number of alkyl halides is 3. The van der Waals surface area contributed by atoms with Crippen molar-refractivity contribution >= 4 is 34.6 Å². The molecule has 2 rings (SSSR count). The number of rotatable bonds is 6. The predicted octanol–water partition coefficient (Wildman–Crippen LogP) is 5.01. The minimum Gasteiger partial charge on any atom is -0.362 e. The topological polar surface area (TPSA) is 93.0 Å². The first-order chi connectivity index (χ1) is 12.1. The van der Waals surface area contributed by atoms with E-state index in [2.05, 4.69) is 20.6 Å². The Bertz CT molecular complexity index is 816. The number of hydrogen-bond acceptors (Lipinski definition) is 6. The summed E-state index contributed by atoms with van der Waals surface area (Å²) < 4.78 is 38.9. The maximum atomic E-state index is 13.0. The van der Waals surface area contributed by atoms with Crippen LogP contribution in [-0.4, -0.2) is 20.9 Å². The van der Waals surface area contributed by atoms with Gasteiger partial charge in [0.25, 0.3) is 0 Å². The molecule has 1 unspecified atom stereocenters. The van der Waals surface area contributed by atoms with Crippen molar-refractivity contribution in [2.45, 2.75) is 32.5 Å². The molecule has 0 radical (unpaired) electrons. The van der Waals surface area contributed by atoms with Gasteiger partial charge in [-0.25, -0.2) is 9.97 Å². The van der Waals surface area contributed by atoms with Gasteiger partial charge in [0.15, 0.2) is 0 Å². The second-order valence-electron chi connectivity index (χ2n) is 5.45. The highest BCUT2D eigenvalue weighted by Crippen LogP contribution is 2.38. The second kappa shape index (κ2) is 7.73. The maximum absolute atomic E-state index is 13.0. The maximum Gasteiger partial charge on any atom is 0.417 e. The van der Waals surface area contributed by atoms with Crippen LogP contribution in [0.1, 0.15) is 25.8 Å². The van der Waals surface area contributed by atoms with Gasteiger partial charge in [0.1, 0.15) is 6.33 Å². The third-order valence-electron chi connectivity index (χ3n) is 3.53. The Morgan fingerprint density at radius 1 is 1.31 bits per heavy atom. The molecule has 1 aromatic heterocycles. The number of anilines is 3. The van der Waals surface area contributed by atoms with Crippen molar-refractivity contribution in [3.63, 3.8) is 0 Å². The molecular weight excluding hydrogens is 375 g/mol. The molecule has 0 saturated carbocycles. The summed E-state index contributed by atoms with van der Waals surface area (Å²) in [6, 6.07) is 2.99. The van der Waals surface area contributed by atoms with Crippen molar-refractivity contribution in [1.29, 1.82) is 0 Å². The van der Waals surface area contributed by atoms with Crippen LogP contribution in [0.4, 0.5) is 36.2 Å². The third kappa shape index (κ3) is 4.51. The summed E-state index contributed by atoms with van der Waals surface area (Å²) in [6.07, 6.45) is -2.88. The molecule has 2 aromatic rings. The van der Waals surface area contributed by atoms with Gasteiger partial charge in [0, 0.05) is 11.7 Å². The molecule has 0 fully saturated rings. The van der Waals surface area contributed by atoms with E-state index in [4.69, 9.17) is 11.6 Å². The molecule has 0 spiro atoms. The normalized spacial score (nSPS) is 12.5. The summed E-state index contributed by atoms with van der Waals surface area (Å²) in [5.74, 6) is -0.252. The van der Waals surface area contributed by atoms with Gasteiger partial charge in [-0.15, -0.1) is 0 Å². The molecule has 7 nitrogen and oxygen atoms in total. The van der Waals surface area contributed by atoms with E-state index < -0.39 is 27.4 Å². The highest BCUT2D eigenvalue weighted by molar-refractivity contribution is 6.31. The van der Waals surface area contributed by atoms with E-state index >= 15 is 0 Å². The monoisotopic (exact) mass is 389 g/mol. The van der Waals surface area contributed by atoms with Gasteiger partial charge in [-0.1, -0.05) is 18.5 Å². The van der Waals surface area contributed by atoms with Crippen LogP contribution in [0.25, 0.3) is 0 Å². The van der Waals surface area contributed by atoms with E-state index in [0.29, 0.717) is 6.42 Å². The van der Waals surface area contributed by atoms with E-state index in [0.717, 1.165) is 18.5 Å². The van der Waals surface area contributed by atoms with Gasteiger partial charge in [-0.05, 0) is 31.5 Å². The molecule has 140 valence electrons. The molecule has 0 saturated heterocycles. The van der Waals surface area contributed by atoms with E-state index in [1.807, 2.05) is 13.8 Å². The fourth-order valence-corrected chi connectivity index (χ4v) is 2.27. The zero-order chi connectivity index (χ0) is 19.5. The first kappa shape index (κ1) is 19.7. The van der Waals surface area contributed by atoms with Crippen LogP contribution in [0.3, 0.4) is 0 Å². The molecule has 0 aliphatic heterocycles. The van der Waals surface area contributed by atoms with Crippen molar-refractivity contribution in [1.82, 2.24) is 9.97 Å². The Morgan fingerprint density at radius 2 is 1.96 bits per heavy atom. The van der Waals surface area contributed by atoms with E-state index in [1.165, 1.54) is 6.07 Å². The summed E-state index contributed by atoms with van der Waals surface area (Å²) in [5.41, 5.74) is -1.56. The summed E-state index contributed by atoms with van der Waals surface area (Å²) >= 11 is 5.57. The van der Waals surface area contributed by atoms with Crippen LogP contribution in [0.2, 0.25) is 5.02 Å².